The molecule has 0 aliphatic rings. The van der Waals surface area contributed by atoms with Crippen molar-refractivity contribution < 1.29 is 9.84 Å². The van der Waals surface area contributed by atoms with Crippen molar-refractivity contribution in [3.05, 3.63) is 40.4 Å². The Labute approximate surface area is 96.6 Å². The van der Waals surface area contributed by atoms with E-state index in [-0.39, 0.29) is 6.61 Å². The summed E-state index contributed by atoms with van der Waals surface area (Å²) in [7, 11) is 1.65. The summed E-state index contributed by atoms with van der Waals surface area (Å²) in [5, 5.41) is 11.2. The van der Waals surface area contributed by atoms with Gasteiger partial charge in [0.1, 0.15) is 5.75 Å². The van der Waals surface area contributed by atoms with Crippen LogP contribution in [-0.2, 0) is 6.61 Å². The Morgan fingerprint density at radius 3 is 2.73 bits per heavy atom. The lowest BCUT2D eigenvalue weighted by Gasteiger charge is -2.06. The SMILES string of the molecule is COc1cc(Br)c2cc(CO)ccc2c1. The number of aliphatic hydroxyl groups is 1. The molecule has 2 rings (SSSR count). The van der Waals surface area contributed by atoms with Crippen molar-refractivity contribution in [2.24, 2.45) is 0 Å². The topological polar surface area (TPSA) is 29.5 Å². The number of hydrogen-bond acceptors (Lipinski definition) is 2. The van der Waals surface area contributed by atoms with Gasteiger partial charge in [-0.05, 0) is 34.5 Å². The van der Waals surface area contributed by atoms with Crippen LogP contribution in [0.25, 0.3) is 10.8 Å². The second-order valence-corrected chi connectivity index (χ2v) is 4.18. The van der Waals surface area contributed by atoms with Gasteiger partial charge in [0.15, 0.2) is 0 Å². The van der Waals surface area contributed by atoms with Crippen LogP contribution in [0.15, 0.2) is 34.8 Å². The minimum Gasteiger partial charge on any atom is -0.497 e. The molecule has 0 atom stereocenters. The average Bonchev–Trinajstić information content (AvgIpc) is 2.28. The predicted octanol–water partition coefficient (Wildman–Crippen LogP) is 3.10. The van der Waals surface area contributed by atoms with E-state index in [0.29, 0.717) is 0 Å². The fourth-order valence-corrected chi connectivity index (χ4v) is 2.12. The molecule has 3 heteroatoms. The van der Waals surface area contributed by atoms with Crippen molar-refractivity contribution >= 4 is 26.7 Å². The molecule has 0 saturated heterocycles. The number of methoxy groups -OCH3 is 1. The van der Waals surface area contributed by atoms with Crippen LogP contribution in [0.4, 0.5) is 0 Å². The van der Waals surface area contributed by atoms with Gasteiger partial charge in [-0.1, -0.05) is 28.1 Å². The van der Waals surface area contributed by atoms with E-state index in [2.05, 4.69) is 15.9 Å². The highest BCUT2D eigenvalue weighted by Crippen LogP contribution is 2.30. The summed E-state index contributed by atoms with van der Waals surface area (Å²) < 4.78 is 6.16. The molecule has 78 valence electrons. The number of benzene rings is 2. The maximum atomic E-state index is 9.05. The number of halogens is 1. The van der Waals surface area contributed by atoms with Crippen LogP contribution in [0.3, 0.4) is 0 Å². The van der Waals surface area contributed by atoms with Gasteiger partial charge in [0.25, 0.3) is 0 Å². The highest BCUT2D eigenvalue weighted by molar-refractivity contribution is 9.10. The fraction of sp³-hybridized carbons (Fsp3) is 0.167. The van der Waals surface area contributed by atoms with Gasteiger partial charge < -0.3 is 9.84 Å². The molecule has 0 aliphatic carbocycles. The van der Waals surface area contributed by atoms with Crippen molar-refractivity contribution in [3.8, 4) is 5.75 Å². The summed E-state index contributed by atoms with van der Waals surface area (Å²) in [6.07, 6.45) is 0. The Morgan fingerprint density at radius 1 is 1.27 bits per heavy atom. The van der Waals surface area contributed by atoms with Gasteiger partial charge in [-0.3, -0.25) is 0 Å². The smallest absolute Gasteiger partial charge is 0.120 e. The molecular weight excluding hydrogens is 256 g/mol. The summed E-state index contributed by atoms with van der Waals surface area (Å²) >= 11 is 3.49. The van der Waals surface area contributed by atoms with Crippen molar-refractivity contribution in [3.63, 3.8) is 0 Å². The van der Waals surface area contributed by atoms with Crippen LogP contribution >= 0.6 is 15.9 Å². The summed E-state index contributed by atoms with van der Waals surface area (Å²) in [6.45, 7) is 0.0639. The molecule has 0 radical (unpaired) electrons. The summed E-state index contributed by atoms with van der Waals surface area (Å²) in [4.78, 5) is 0. The Balaban J connectivity index is 2.68. The highest BCUT2D eigenvalue weighted by atomic mass is 79.9. The van der Waals surface area contributed by atoms with Gasteiger partial charge in [-0.25, -0.2) is 0 Å². The molecule has 1 N–H and O–H groups in total. The zero-order valence-electron chi connectivity index (χ0n) is 8.33. The first-order chi connectivity index (χ1) is 7.24. The Hall–Kier alpha value is -1.06. The first kappa shape index (κ1) is 10.5. The highest BCUT2D eigenvalue weighted by Gasteiger charge is 2.03. The molecule has 0 fully saturated rings. The van der Waals surface area contributed by atoms with Gasteiger partial charge in [0.2, 0.25) is 0 Å². The van der Waals surface area contributed by atoms with Crippen molar-refractivity contribution in [2.45, 2.75) is 6.61 Å². The van der Waals surface area contributed by atoms with Crippen LogP contribution in [0.1, 0.15) is 5.56 Å². The minimum absolute atomic E-state index is 0.0639. The predicted molar refractivity (Wildman–Crippen MR) is 64.1 cm³/mol. The molecule has 15 heavy (non-hydrogen) atoms. The molecule has 2 nitrogen and oxygen atoms in total. The molecule has 0 aromatic heterocycles. The third kappa shape index (κ3) is 1.98. The standard InChI is InChI=1S/C12H11BrO2/c1-15-10-5-9-3-2-8(7-14)4-11(9)12(13)6-10/h2-6,14H,7H2,1H3. The third-order valence-corrected chi connectivity index (χ3v) is 3.02. The summed E-state index contributed by atoms with van der Waals surface area (Å²) in [5.74, 6) is 0.825. The maximum absolute atomic E-state index is 9.05. The van der Waals surface area contributed by atoms with E-state index in [1.165, 1.54) is 0 Å². The normalized spacial score (nSPS) is 10.6. The fourth-order valence-electron chi connectivity index (χ4n) is 1.55. The van der Waals surface area contributed by atoms with Crippen LogP contribution < -0.4 is 4.74 Å². The molecule has 2 aromatic carbocycles. The monoisotopic (exact) mass is 266 g/mol. The molecule has 0 amide bonds. The lowest BCUT2D eigenvalue weighted by Crippen LogP contribution is -1.86. The van der Waals surface area contributed by atoms with Crippen LogP contribution in [0, 0.1) is 0 Å². The van der Waals surface area contributed by atoms with Gasteiger partial charge in [0.05, 0.1) is 13.7 Å². The van der Waals surface area contributed by atoms with E-state index in [1.807, 2.05) is 30.3 Å². The van der Waals surface area contributed by atoms with Gasteiger partial charge >= 0.3 is 0 Å². The Bertz CT molecular complexity index is 494. The molecule has 0 bridgehead atoms. The van der Waals surface area contributed by atoms with Crippen molar-refractivity contribution in [1.82, 2.24) is 0 Å². The van der Waals surface area contributed by atoms with Crippen molar-refractivity contribution in [1.29, 1.82) is 0 Å². The first-order valence-electron chi connectivity index (χ1n) is 4.61. The quantitative estimate of drug-likeness (QED) is 0.905. The number of ether oxygens (including phenoxy) is 1. The van der Waals surface area contributed by atoms with Gasteiger partial charge in [0, 0.05) is 4.47 Å². The van der Waals surface area contributed by atoms with E-state index in [0.717, 1.165) is 26.6 Å². The minimum atomic E-state index is 0.0639. The molecule has 0 spiro atoms. The molecule has 0 aliphatic heterocycles. The maximum Gasteiger partial charge on any atom is 0.120 e. The van der Waals surface area contributed by atoms with E-state index in [1.54, 1.807) is 7.11 Å². The van der Waals surface area contributed by atoms with E-state index >= 15 is 0 Å². The lowest BCUT2D eigenvalue weighted by atomic mass is 10.1. The number of fused-ring (bicyclic) bond motifs is 1. The number of rotatable bonds is 2. The van der Waals surface area contributed by atoms with E-state index in [9.17, 15) is 0 Å². The Kier molecular flexibility index (Phi) is 2.93. The largest absolute Gasteiger partial charge is 0.497 e. The third-order valence-electron chi connectivity index (χ3n) is 2.36. The molecule has 0 unspecified atom stereocenters. The zero-order chi connectivity index (χ0) is 10.8. The second kappa shape index (κ2) is 4.21. The second-order valence-electron chi connectivity index (χ2n) is 3.32. The molecular formula is C12H11BrO2. The average molecular weight is 267 g/mol. The number of aliphatic hydroxyl groups excluding tert-OH is 1. The summed E-state index contributed by atoms with van der Waals surface area (Å²) in [6, 6.07) is 9.76. The van der Waals surface area contributed by atoms with E-state index < -0.39 is 0 Å². The molecule has 2 aromatic rings. The van der Waals surface area contributed by atoms with Gasteiger partial charge in [-0.15, -0.1) is 0 Å². The summed E-state index contributed by atoms with van der Waals surface area (Å²) in [5.41, 5.74) is 0.911. The van der Waals surface area contributed by atoms with Gasteiger partial charge in [-0.2, -0.15) is 0 Å². The van der Waals surface area contributed by atoms with Crippen LogP contribution in [0.5, 0.6) is 5.75 Å². The zero-order valence-corrected chi connectivity index (χ0v) is 9.91. The lowest BCUT2D eigenvalue weighted by molar-refractivity contribution is 0.282. The van der Waals surface area contributed by atoms with E-state index in [4.69, 9.17) is 9.84 Å². The Morgan fingerprint density at radius 2 is 2.07 bits per heavy atom. The molecule has 0 heterocycles. The molecule has 0 saturated carbocycles. The van der Waals surface area contributed by atoms with Crippen LogP contribution in [0.2, 0.25) is 0 Å². The van der Waals surface area contributed by atoms with Crippen LogP contribution in [-0.4, -0.2) is 12.2 Å². The number of hydrogen-bond donors (Lipinski definition) is 1. The van der Waals surface area contributed by atoms with Crippen molar-refractivity contribution in [2.75, 3.05) is 7.11 Å². The first-order valence-corrected chi connectivity index (χ1v) is 5.41.